The van der Waals surface area contributed by atoms with Gasteiger partial charge in [-0.3, -0.25) is 0 Å². The van der Waals surface area contributed by atoms with Crippen LogP contribution in [0.4, 0.5) is 0 Å². The van der Waals surface area contributed by atoms with Gasteiger partial charge < -0.3 is 4.74 Å². The Labute approximate surface area is 80.0 Å². The molecule has 1 heteroatoms. The summed E-state index contributed by atoms with van der Waals surface area (Å²) in [5, 5.41) is 0. The monoisotopic (exact) mass is 176 g/mol. The standard InChI is InChI=1S/C12H16O/c1-5-10(3)11-7-6-9(2)8-12(11)13-4/h5-8,10H,1H2,2-4H3/t10-/m1/s1. The minimum absolute atomic E-state index is 0.343. The molecule has 1 nitrogen and oxygen atoms in total. The van der Waals surface area contributed by atoms with Crippen LogP contribution in [0.15, 0.2) is 30.9 Å². The maximum absolute atomic E-state index is 5.30. The van der Waals surface area contributed by atoms with Crippen LogP contribution in [0, 0.1) is 6.92 Å². The van der Waals surface area contributed by atoms with Crippen molar-refractivity contribution in [2.45, 2.75) is 19.8 Å². The number of rotatable bonds is 3. The van der Waals surface area contributed by atoms with Crippen LogP contribution in [0.25, 0.3) is 0 Å². The van der Waals surface area contributed by atoms with Gasteiger partial charge in [-0.15, -0.1) is 6.58 Å². The van der Waals surface area contributed by atoms with E-state index in [0.717, 1.165) is 5.75 Å². The molecule has 1 aromatic rings. The molecule has 0 radical (unpaired) electrons. The number of aryl methyl sites for hydroxylation is 1. The van der Waals surface area contributed by atoms with E-state index in [9.17, 15) is 0 Å². The zero-order chi connectivity index (χ0) is 9.84. The predicted molar refractivity (Wildman–Crippen MR) is 56.3 cm³/mol. The van der Waals surface area contributed by atoms with Crippen molar-refractivity contribution in [3.63, 3.8) is 0 Å². The van der Waals surface area contributed by atoms with E-state index in [4.69, 9.17) is 4.74 Å². The fraction of sp³-hybridized carbons (Fsp3) is 0.333. The molecule has 0 aliphatic carbocycles. The van der Waals surface area contributed by atoms with Gasteiger partial charge in [0.15, 0.2) is 0 Å². The molecule has 1 atom stereocenters. The third-order valence-corrected chi connectivity index (χ3v) is 2.23. The van der Waals surface area contributed by atoms with Gasteiger partial charge in [0.1, 0.15) is 5.75 Å². The van der Waals surface area contributed by atoms with Gasteiger partial charge in [0.05, 0.1) is 7.11 Å². The summed E-state index contributed by atoms with van der Waals surface area (Å²) in [4.78, 5) is 0. The van der Waals surface area contributed by atoms with Gasteiger partial charge in [0.2, 0.25) is 0 Å². The number of benzene rings is 1. The fourth-order valence-corrected chi connectivity index (χ4v) is 1.32. The second-order valence-electron chi connectivity index (χ2n) is 3.27. The number of ether oxygens (including phenoxy) is 1. The highest BCUT2D eigenvalue weighted by molar-refractivity contribution is 5.40. The topological polar surface area (TPSA) is 9.23 Å². The van der Waals surface area contributed by atoms with Crippen LogP contribution in [-0.2, 0) is 0 Å². The normalized spacial score (nSPS) is 12.2. The Hall–Kier alpha value is -1.24. The summed E-state index contributed by atoms with van der Waals surface area (Å²) < 4.78 is 5.30. The second kappa shape index (κ2) is 4.13. The van der Waals surface area contributed by atoms with Crippen LogP contribution >= 0.6 is 0 Å². The molecule has 0 spiro atoms. The van der Waals surface area contributed by atoms with Crippen molar-refractivity contribution in [2.75, 3.05) is 7.11 Å². The molecule has 0 N–H and O–H groups in total. The maximum Gasteiger partial charge on any atom is 0.122 e. The highest BCUT2D eigenvalue weighted by atomic mass is 16.5. The number of allylic oxidation sites excluding steroid dienone is 1. The molecule has 0 bridgehead atoms. The molecular formula is C12H16O. The van der Waals surface area contributed by atoms with Gasteiger partial charge in [0, 0.05) is 11.5 Å². The van der Waals surface area contributed by atoms with Gasteiger partial charge in [-0.25, -0.2) is 0 Å². The summed E-state index contributed by atoms with van der Waals surface area (Å²) in [6.07, 6.45) is 1.92. The van der Waals surface area contributed by atoms with Crippen molar-refractivity contribution in [1.29, 1.82) is 0 Å². The first kappa shape index (κ1) is 9.85. The molecule has 0 unspecified atom stereocenters. The summed E-state index contributed by atoms with van der Waals surface area (Å²) in [7, 11) is 1.70. The molecule has 0 aliphatic rings. The first-order valence-corrected chi connectivity index (χ1v) is 4.46. The molecule has 0 aliphatic heterocycles. The Balaban J connectivity index is 3.12. The third kappa shape index (κ3) is 2.11. The van der Waals surface area contributed by atoms with E-state index in [1.54, 1.807) is 7.11 Å². The molecule has 0 heterocycles. The quantitative estimate of drug-likeness (QED) is 0.642. The number of hydrogen-bond acceptors (Lipinski definition) is 1. The Morgan fingerprint density at radius 2 is 2.15 bits per heavy atom. The molecule has 1 rings (SSSR count). The van der Waals surface area contributed by atoms with Crippen LogP contribution in [-0.4, -0.2) is 7.11 Å². The predicted octanol–water partition coefficient (Wildman–Crippen LogP) is 3.29. The van der Waals surface area contributed by atoms with Gasteiger partial charge >= 0.3 is 0 Å². The first-order chi connectivity index (χ1) is 6.19. The molecular weight excluding hydrogens is 160 g/mol. The Bertz CT molecular complexity index is 302. The Kier molecular flexibility index (Phi) is 3.13. The molecule has 0 fully saturated rings. The van der Waals surface area contributed by atoms with Crippen LogP contribution in [0.1, 0.15) is 24.0 Å². The summed E-state index contributed by atoms with van der Waals surface area (Å²) >= 11 is 0. The van der Waals surface area contributed by atoms with Crippen molar-refractivity contribution >= 4 is 0 Å². The smallest absolute Gasteiger partial charge is 0.122 e. The van der Waals surface area contributed by atoms with Crippen LogP contribution in [0.5, 0.6) is 5.75 Å². The average molecular weight is 176 g/mol. The van der Waals surface area contributed by atoms with E-state index in [0.29, 0.717) is 5.92 Å². The molecule has 0 saturated carbocycles. The van der Waals surface area contributed by atoms with Gasteiger partial charge in [-0.05, 0) is 18.6 Å². The van der Waals surface area contributed by atoms with E-state index >= 15 is 0 Å². The molecule has 70 valence electrons. The van der Waals surface area contributed by atoms with E-state index in [-0.39, 0.29) is 0 Å². The summed E-state index contributed by atoms with van der Waals surface area (Å²) in [5.74, 6) is 1.29. The van der Waals surface area contributed by atoms with Crippen LogP contribution < -0.4 is 4.74 Å². The molecule has 0 saturated heterocycles. The lowest BCUT2D eigenvalue weighted by molar-refractivity contribution is 0.408. The first-order valence-electron chi connectivity index (χ1n) is 4.46. The zero-order valence-corrected chi connectivity index (χ0v) is 8.50. The zero-order valence-electron chi connectivity index (χ0n) is 8.50. The van der Waals surface area contributed by atoms with Crippen molar-refractivity contribution in [1.82, 2.24) is 0 Å². The Morgan fingerprint density at radius 1 is 1.46 bits per heavy atom. The van der Waals surface area contributed by atoms with E-state index in [1.165, 1.54) is 11.1 Å². The third-order valence-electron chi connectivity index (χ3n) is 2.23. The molecule has 13 heavy (non-hydrogen) atoms. The van der Waals surface area contributed by atoms with Gasteiger partial charge in [-0.1, -0.05) is 25.1 Å². The summed E-state index contributed by atoms with van der Waals surface area (Å²) in [6, 6.07) is 6.24. The van der Waals surface area contributed by atoms with E-state index in [1.807, 2.05) is 6.08 Å². The van der Waals surface area contributed by atoms with Gasteiger partial charge in [-0.2, -0.15) is 0 Å². The highest BCUT2D eigenvalue weighted by Gasteiger charge is 2.07. The molecule has 0 amide bonds. The highest BCUT2D eigenvalue weighted by Crippen LogP contribution is 2.27. The lowest BCUT2D eigenvalue weighted by Crippen LogP contribution is -1.95. The minimum atomic E-state index is 0.343. The lowest BCUT2D eigenvalue weighted by Gasteiger charge is -2.12. The molecule has 1 aromatic carbocycles. The fourth-order valence-electron chi connectivity index (χ4n) is 1.32. The molecule has 0 aromatic heterocycles. The van der Waals surface area contributed by atoms with Crippen molar-refractivity contribution < 1.29 is 4.74 Å². The van der Waals surface area contributed by atoms with Crippen molar-refractivity contribution in [2.24, 2.45) is 0 Å². The summed E-state index contributed by atoms with van der Waals surface area (Å²) in [6.45, 7) is 7.95. The van der Waals surface area contributed by atoms with Crippen molar-refractivity contribution in [3.05, 3.63) is 42.0 Å². The SMILES string of the molecule is C=C[C@@H](C)c1ccc(C)cc1OC. The van der Waals surface area contributed by atoms with Crippen LogP contribution in [0.2, 0.25) is 0 Å². The van der Waals surface area contributed by atoms with Gasteiger partial charge in [0.25, 0.3) is 0 Å². The largest absolute Gasteiger partial charge is 0.496 e. The second-order valence-corrected chi connectivity index (χ2v) is 3.27. The number of hydrogen-bond donors (Lipinski definition) is 0. The lowest BCUT2D eigenvalue weighted by atomic mass is 9.99. The summed E-state index contributed by atoms with van der Waals surface area (Å²) in [5.41, 5.74) is 2.42. The van der Waals surface area contributed by atoms with E-state index in [2.05, 4.69) is 38.6 Å². The minimum Gasteiger partial charge on any atom is -0.496 e. The van der Waals surface area contributed by atoms with E-state index < -0.39 is 0 Å². The average Bonchev–Trinajstić information content (AvgIpc) is 2.16. The maximum atomic E-state index is 5.30. The van der Waals surface area contributed by atoms with Crippen molar-refractivity contribution in [3.8, 4) is 5.75 Å². The van der Waals surface area contributed by atoms with Crippen LogP contribution in [0.3, 0.4) is 0 Å². The number of methoxy groups -OCH3 is 1. The Morgan fingerprint density at radius 3 is 2.69 bits per heavy atom.